The predicted molar refractivity (Wildman–Crippen MR) is 71.9 cm³/mol. The zero-order valence-electron chi connectivity index (χ0n) is 9.95. The van der Waals surface area contributed by atoms with Crippen molar-refractivity contribution in [2.75, 3.05) is 0 Å². The first-order chi connectivity index (χ1) is 9.08. The van der Waals surface area contributed by atoms with Gasteiger partial charge in [-0.05, 0) is 29.8 Å². The highest BCUT2D eigenvalue weighted by Gasteiger charge is 2.08. The van der Waals surface area contributed by atoms with Crippen molar-refractivity contribution in [1.82, 2.24) is 0 Å². The Bertz CT molecular complexity index is 644. The SMILES string of the molecule is O=C(O)C=Cc1ccc(O)c(-c2ccccc2O)c1. The van der Waals surface area contributed by atoms with Crippen molar-refractivity contribution in [2.24, 2.45) is 0 Å². The number of carbonyl (C=O) groups is 1. The number of carboxylic acid groups (broad SMARTS) is 1. The molecule has 0 amide bonds. The van der Waals surface area contributed by atoms with Gasteiger partial charge in [0.05, 0.1) is 0 Å². The molecule has 0 atom stereocenters. The number of para-hydroxylation sites is 1. The van der Waals surface area contributed by atoms with Crippen molar-refractivity contribution in [1.29, 1.82) is 0 Å². The molecular weight excluding hydrogens is 244 g/mol. The van der Waals surface area contributed by atoms with Gasteiger partial charge in [-0.15, -0.1) is 0 Å². The Hall–Kier alpha value is -2.75. The average Bonchev–Trinajstić information content (AvgIpc) is 2.38. The zero-order valence-corrected chi connectivity index (χ0v) is 9.95. The van der Waals surface area contributed by atoms with E-state index in [1.807, 2.05) is 0 Å². The molecule has 0 spiro atoms. The molecule has 2 rings (SSSR count). The van der Waals surface area contributed by atoms with Gasteiger partial charge in [-0.1, -0.05) is 24.3 Å². The van der Waals surface area contributed by atoms with E-state index in [2.05, 4.69) is 0 Å². The smallest absolute Gasteiger partial charge is 0.328 e. The van der Waals surface area contributed by atoms with Crippen LogP contribution in [0.5, 0.6) is 11.5 Å². The van der Waals surface area contributed by atoms with Crippen molar-refractivity contribution < 1.29 is 20.1 Å². The van der Waals surface area contributed by atoms with E-state index >= 15 is 0 Å². The van der Waals surface area contributed by atoms with Gasteiger partial charge in [0.15, 0.2) is 0 Å². The number of hydrogen-bond acceptors (Lipinski definition) is 3. The number of benzene rings is 2. The molecule has 0 fully saturated rings. The molecule has 0 aromatic heterocycles. The Labute approximate surface area is 109 Å². The van der Waals surface area contributed by atoms with Gasteiger partial charge in [-0.25, -0.2) is 4.79 Å². The van der Waals surface area contributed by atoms with Crippen molar-refractivity contribution in [2.45, 2.75) is 0 Å². The Balaban J connectivity index is 2.49. The maximum atomic E-state index is 10.5. The standard InChI is InChI=1S/C15H12O4/c16-13-4-2-1-3-11(13)12-9-10(5-7-14(12)17)6-8-15(18)19/h1-9,16-17H,(H,18,19). The molecule has 4 nitrogen and oxygen atoms in total. The normalized spacial score (nSPS) is 10.7. The lowest BCUT2D eigenvalue weighted by Gasteiger charge is -2.08. The maximum Gasteiger partial charge on any atom is 0.328 e. The highest BCUT2D eigenvalue weighted by atomic mass is 16.4. The van der Waals surface area contributed by atoms with Crippen LogP contribution in [0, 0.1) is 0 Å². The molecule has 2 aromatic carbocycles. The first-order valence-electron chi connectivity index (χ1n) is 5.60. The number of rotatable bonds is 3. The van der Waals surface area contributed by atoms with Crippen LogP contribution in [0.15, 0.2) is 48.5 Å². The van der Waals surface area contributed by atoms with E-state index in [4.69, 9.17) is 5.11 Å². The van der Waals surface area contributed by atoms with Gasteiger partial charge < -0.3 is 15.3 Å². The third-order valence-corrected chi connectivity index (χ3v) is 2.63. The maximum absolute atomic E-state index is 10.5. The second-order valence-corrected chi connectivity index (χ2v) is 3.97. The number of phenols is 2. The number of phenolic OH excluding ortho intramolecular Hbond substituents is 2. The summed E-state index contributed by atoms with van der Waals surface area (Å²) in [5, 5.41) is 28.2. The topological polar surface area (TPSA) is 77.8 Å². The Kier molecular flexibility index (Phi) is 3.52. The fourth-order valence-corrected chi connectivity index (χ4v) is 1.74. The summed E-state index contributed by atoms with van der Waals surface area (Å²) < 4.78 is 0. The molecule has 2 aromatic rings. The molecule has 0 saturated carbocycles. The Morgan fingerprint density at radius 2 is 1.63 bits per heavy atom. The minimum Gasteiger partial charge on any atom is -0.507 e. The average molecular weight is 256 g/mol. The molecule has 0 aliphatic rings. The van der Waals surface area contributed by atoms with Gasteiger partial charge in [-0.2, -0.15) is 0 Å². The van der Waals surface area contributed by atoms with E-state index in [0.29, 0.717) is 16.7 Å². The number of aliphatic carboxylic acids is 1. The van der Waals surface area contributed by atoms with Gasteiger partial charge >= 0.3 is 5.97 Å². The van der Waals surface area contributed by atoms with Crippen LogP contribution in [0.1, 0.15) is 5.56 Å². The number of aromatic hydroxyl groups is 2. The largest absolute Gasteiger partial charge is 0.507 e. The monoisotopic (exact) mass is 256 g/mol. The lowest BCUT2D eigenvalue weighted by Crippen LogP contribution is -1.86. The van der Waals surface area contributed by atoms with Crippen LogP contribution in [0.2, 0.25) is 0 Å². The quantitative estimate of drug-likeness (QED) is 0.738. The molecule has 0 saturated heterocycles. The molecule has 0 aliphatic carbocycles. The zero-order chi connectivity index (χ0) is 13.8. The summed E-state index contributed by atoms with van der Waals surface area (Å²) in [5.41, 5.74) is 1.56. The molecule has 0 bridgehead atoms. The van der Waals surface area contributed by atoms with Gasteiger partial charge in [0.1, 0.15) is 11.5 Å². The van der Waals surface area contributed by atoms with Crippen molar-refractivity contribution >= 4 is 12.0 Å². The highest BCUT2D eigenvalue weighted by Crippen LogP contribution is 2.35. The first kappa shape index (κ1) is 12.7. The van der Waals surface area contributed by atoms with Crippen molar-refractivity contribution in [3.8, 4) is 22.6 Å². The fraction of sp³-hybridized carbons (Fsp3) is 0. The van der Waals surface area contributed by atoms with Crippen LogP contribution in [-0.2, 0) is 4.79 Å². The van der Waals surface area contributed by atoms with Crippen molar-refractivity contribution in [3.05, 3.63) is 54.1 Å². The van der Waals surface area contributed by atoms with Crippen LogP contribution in [0.4, 0.5) is 0 Å². The predicted octanol–water partition coefficient (Wildman–Crippen LogP) is 2.86. The molecule has 0 aliphatic heterocycles. The van der Waals surface area contributed by atoms with E-state index in [0.717, 1.165) is 6.08 Å². The summed E-state index contributed by atoms with van der Waals surface area (Å²) >= 11 is 0. The minimum absolute atomic E-state index is 0.0222. The van der Waals surface area contributed by atoms with Crippen LogP contribution in [-0.4, -0.2) is 21.3 Å². The molecule has 0 radical (unpaired) electrons. The Morgan fingerprint density at radius 1 is 0.947 bits per heavy atom. The minimum atomic E-state index is -1.04. The number of carboxylic acids is 1. The molecule has 3 N–H and O–H groups in total. The van der Waals surface area contributed by atoms with Crippen molar-refractivity contribution in [3.63, 3.8) is 0 Å². The van der Waals surface area contributed by atoms with E-state index in [1.54, 1.807) is 30.3 Å². The van der Waals surface area contributed by atoms with Crippen LogP contribution >= 0.6 is 0 Å². The first-order valence-corrected chi connectivity index (χ1v) is 5.60. The third kappa shape index (κ3) is 2.93. The molecule has 0 unspecified atom stereocenters. The summed E-state index contributed by atoms with van der Waals surface area (Å²) in [6.07, 6.45) is 2.44. The second kappa shape index (κ2) is 5.27. The summed E-state index contributed by atoms with van der Waals surface area (Å²) in [4.78, 5) is 10.5. The van der Waals surface area contributed by atoms with Crippen LogP contribution in [0.25, 0.3) is 17.2 Å². The Morgan fingerprint density at radius 3 is 2.32 bits per heavy atom. The summed E-state index contributed by atoms with van der Waals surface area (Å²) in [6.45, 7) is 0. The third-order valence-electron chi connectivity index (χ3n) is 2.63. The summed E-state index contributed by atoms with van der Waals surface area (Å²) in [5.74, 6) is -0.969. The van der Waals surface area contributed by atoms with E-state index in [1.165, 1.54) is 18.2 Å². The lowest BCUT2D eigenvalue weighted by molar-refractivity contribution is -0.131. The molecule has 96 valence electrons. The number of hydrogen-bond donors (Lipinski definition) is 3. The highest BCUT2D eigenvalue weighted by molar-refractivity contribution is 5.86. The van der Waals surface area contributed by atoms with Gasteiger partial charge in [0.2, 0.25) is 0 Å². The molecule has 19 heavy (non-hydrogen) atoms. The van der Waals surface area contributed by atoms with Crippen LogP contribution in [0.3, 0.4) is 0 Å². The van der Waals surface area contributed by atoms with E-state index in [9.17, 15) is 15.0 Å². The lowest BCUT2D eigenvalue weighted by atomic mass is 10.0. The fourth-order valence-electron chi connectivity index (χ4n) is 1.74. The molecule has 4 heteroatoms. The summed E-state index contributed by atoms with van der Waals surface area (Å²) in [7, 11) is 0. The summed E-state index contributed by atoms with van der Waals surface area (Å²) in [6, 6.07) is 11.3. The van der Waals surface area contributed by atoms with Gasteiger partial charge in [-0.3, -0.25) is 0 Å². The van der Waals surface area contributed by atoms with E-state index < -0.39 is 5.97 Å². The molecule has 0 heterocycles. The van der Waals surface area contributed by atoms with Crippen LogP contribution < -0.4 is 0 Å². The van der Waals surface area contributed by atoms with Gasteiger partial charge in [0, 0.05) is 17.2 Å². The second-order valence-electron chi connectivity index (χ2n) is 3.97. The van der Waals surface area contributed by atoms with Gasteiger partial charge in [0.25, 0.3) is 0 Å². The van der Waals surface area contributed by atoms with E-state index in [-0.39, 0.29) is 11.5 Å². The molecular formula is C15H12O4.